The van der Waals surface area contributed by atoms with Crippen molar-refractivity contribution in [1.82, 2.24) is 31.9 Å². The minimum atomic E-state index is -1.06. The van der Waals surface area contributed by atoms with Crippen LogP contribution in [0.15, 0.2) is 30.3 Å². The summed E-state index contributed by atoms with van der Waals surface area (Å²) in [5.74, 6) is -2.49. The highest BCUT2D eigenvalue weighted by molar-refractivity contribution is 5.88. The van der Waals surface area contributed by atoms with Gasteiger partial charge in [0.05, 0.1) is 12.1 Å². The Morgan fingerprint density at radius 1 is 0.560 bits per heavy atom. The summed E-state index contributed by atoms with van der Waals surface area (Å²) >= 11 is 0. The first-order chi connectivity index (χ1) is 23.6. The van der Waals surface area contributed by atoms with Crippen LogP contribution in [0.3, 0.4) is 0 Å². The third-order valence-electron chi connectivity index (χ3n) is 7.77. The van der Waals surface area contributed by atoms with Crippen LogP contribution in [0.4, 0.5) is 0 Å². The Kier molecular flexibility index (Phi) is 25.9. The van der Waals surface area contributed by atoms with Crippen molar-refractivity contribution in [1.29, 1.82) is 0 Å². The second kappa shape index (κ2) is 27.6. The zero-order valence-electron chi connectivity index (χ0n) is 32.3. The molecule has 4 unspecified atom stereocenters. The number of nitrogens with one attached hydrogen (secondary N) is 6. The average Bonchev–Trinajstić information content (AvgIpc) is 3.03. The fourth-order valence-electron chi connectivity index (χ4n) is 5.23. The van der Waals surface area contributed by atoms with Gasteiger partial charge in [0.2, 0.25) is 11.8 Å². The van der Waals surface area contributed by atoms with Crippen molar-refractivity contribution in [3.63, 3.8) is 0 Å². The molecule has 0 spiro atoms. The number of benzene rings is 1. The molecule has 1 rings (SSSR count). The molecule has 0 aliphatic rings. The second-order valence-electron chi connectivity index (χ2n) is 14.2. The van der Waals surface area contributed by atoms with Crippen LogP contribution in [0.5, 0.6) is 0 Å². The highest BCUT2D eigenvalue weighted by atomic mass is 16.4. The van der Waals surface area contributed by atoms with Gasteiger partial charge in [-0.05, 0) is 50.8 Å². The maximum Gasteiger partial charge on any atom is 0.330 e. The molecule has 1 aromatic carbocycles. The molecular formula is C38H70N6O6. The van der Waals surface area contributed by atoms with Gasteiger partial charge in [-0.2, -0.15) is 0 Å². The van der Waals surface area contributed by atoms with Crippen LogP contribution >= 0.6 is 0 Å². The maximum atomic E-state index is 12.7. The number of unbranched alkanes of at least 4 members (excludes halogenated alkanes) is 3. The molecule has 0 aliphatic carbocycles. The number of carbonyl (C=O) groups excluding carboxylic acids is 2. The Morgan fingerprint density at radius 3 is 1.38 bits per heavy atom. The minimum absolute atomic E-state index is 0.138. The molecule has 0 saturated heterocycles. The highest BCUT2D eigenvalue weighted by Crippen LogP contribution is 2.14. The minimum Gasteiger partial charge on any atom is -0.480 e. The van der Waals surface area contributed by atoms with Crippen molar-refractivity contribution in [2.75, 3.05) is 13.1 Å². The average molecular weight is 707 g/mol. The summed E-state index contributed by atoms with van der Waals surface area (Å²) in [4.78, 5) is 48.1. The summed E-state index contributed by atoms with van der Waals surface area (Å²) in [6.07, 6.45) is 7.35. The fraction of sp³-hybridized carbons (Fsp3) is 0.737. The zero-order chi connectivity index (χ0) is 38.1. The Labute approximate surface area is 302 Å². The molecule has 0 aliphatic heterocycles. The summed E-state index contributed by atoms with van der Waals surface area (Å²) in [6, 6.07) is 7.42. The molecule has 12 nitrogen and oxygen atoms in total. The zero-order valence-corrected chi connectivity index (χ0v) is 32.3. The number of hydrogen-bond acceptors (Lipinski definition) is 8. The quantitative estimate of drug-likeness (QED) is 0.0627. The van der Waals surface area contributed by atoms with E-state index in [4.69, 9.17) is 0 Å². The molecule has 0 fully saturated rings. The molecule has 4 atom stereocenters. The molecule has 0 heterocycles. The molecule has 50 heavy (non-hydrogen) atoms. The Hall–Kier alpha value is -3.06. The van der Waals surface area contributed by atoms with Crippen LogP contribution in [0.25, 0.3) is 0 Å². The van der Waals surface area contributed by atoms with Crippen molar-refractivity contribution >= 4 is 23.8 Å². The van der Waals surface area contributed by atoms with E-state index >= 15 is 0 Å². The molecule has 8 N–H and O–H groups in total. The van der Waals surface area contributed by atoms with Crippen molar-refractivity contribution in [3.8, 4) is 0 Å². The van der Waals surface area contributed by atoms with Gasteiger partial charge < -0.3 is 42.1 Å². The van der Waals surface area contributed by atoms with Gasteiger partial charge in [-0.15, -0.1) is 0 Å². The maximum absolute atomic E-state index is 12.7. The number of carboxylic acids is 2. The Bertz CT molecular complexity index is 1070. The van der Waals surface area contributed by atoms with Gasteiger partial charge >= 0.3 is 11.9 Å². The lowest BCUT2D eigenvalue weighted by Gasteiger charge is -2.23. The third kappa shape index (κ3) is 23.4. The molecular weight excluding hydrogens is 636 g/mol. The fourth-order valence-corrected chi connectivity index (χ4v) is 5.23. The molecule has 1 aromatic rings. The summed E-state index contributed by atoms with van der Waals surface area (Å²) < 4.78 is 0. The first-order valence-electron chi connectivity index (χ1n) is 18.7. The van der Waals surface area contributed by atoms with Gasteiger partial charge in [0.15, 0.2) is 6.04 Å². The van der Waals surface area contributed by atoms with Gasteiger partial charge in [-0.3, -0.25) is 9.59 Å². The van der Waals surface area contributed by atoms with Crippen LogP contribution in [0.2, 0.25) is 0 Å². The monoisotopic (exact) mass is 707 g/mol. The highest BCUT2D eigenvalue weighted by Gasteiger charge is 2.27. The number of hydrogen-bond donors (Lipinski definition) is 8. The van der Waals surface area contributed by atoms with Gasteiger partial charge in [0.25, 0.3) is 0 Å². The van der Waals surface area contributed by atoms with E-state index in [-0.39, 0.29) is 29.9 Å². The molecule has 0 aromatic heterocycles. The lowest BCUT2D eigenvalue weighted by Crippen LogP contribution is -2.51. The smallest absolute Gasteiger partial charge is 0.330 e. The molecule has 2 amide bonds. The number of aliphatic carboxylic acids is 2. The van der Waals surface area contributed by atoms with Crippen LogP contribution in [-0.4, -0.2) is 89.3 Å². The van der Waals surface area contributed by atoms with Crippen LogP contribution in [0, 0.1) is 0 Å². The SMILES string of the molecule is CC(C)NCCCCC(NC(C)C)C(=O)NC(C(=O)O)c1ccccc1.CCCCC(NC(=O)C(CCCCNC(C)C)NC(C)C)C(=O)O. The third-order valence-corrected chi connectivity index (χ3v) is 7.77. The lowest BCUT2D eigenvalue weighted by molar-refractivity contribution is -0.142. The number of carbonyl (C=O) groups is 4. The standard InChI is InChI=1S/C20H33N3O3.C18H37N3O3/c1-14(2)21-13-9-8-12-17(22-15(3)4)19(24)23-18(20(25)26)16-10-6-5-7-11-16;1-6-7-10-16(18(23)24)21-17(22)15(20-14(4)5)11-8-9-12-19-13(2)3/h5-7,10-11,14-15,17-18,21-22H,8-9,12-13H2,1-4H3,(H,23,24)(H,25,26);13-16,19-20H,6-12H2,1-5H3,(H,21,22)(H,23,24). The Morgan fingerprint density at radius 2 is 1.00 bits per heavy atom. The molecule has 288 valence electrons. The van der Waals surface area contributed by atoms with Crippen LogP contribution in [0.1, 0.15) is 132 Å². The van der Waals surface area contributed by atoms with Crippen molar-refractivity contribution in [2.45, 2.75) is 168 Å². The lowest BCUT2D eigenvalue weighted by atomic mass is 10.0. The summed E-state index contributed by atoms with van der Waals surface area (Å²) in [6.45, 7) is 20.2. The molecule has 0 bridgehead atoms. The predicted octanol–water partition coefficient (Wildman–Crippen LogP) is 4.74. The number of amides is 2. The van der Waals surface area contributed by atoms with E-state index in [0.717, 1.165) is 51.6 Å². The molecule has 0 radical (unpaired) electrons. The first-order valence-corrected chi connectivity index (χ1v) is 18.7. The predicted molar refractivity (Wildman–Crippen MR) is 202 cm³/mol. The van der Waals surface area contributed by atoms with E-state index in [9.17, 15) is 29.4 Å². The largest absolute Gasteiger partial charge is 0.480 e. The van der Waals surface area contributed by atoms with E-state index in [1.807, 2.05) is 40.7 Å². The van der Waals surface area contributed by atoms with Gasteiger partial charge in [-0.25, -0.2) is 9.59 Å². The van der Waals surface area contributed by atoms with Crippen LogP contribution in [-0.2, 0) is 19.2 Å². The van der Waals surface area contributed by atoms with Gasteiger partial charge in [0, 0.05) is 24.2 Å². The van der Waals surface area contributed by atoms with E-state index in [1.54, 1.807) is 24.3 Å². The van der Waals surface area contributed by atoms with E-state index < -0.39 is 30.1 Å². The number of rotatable bonds is 26. The topological polar surface area (TPSA) is 181 Å². The van der Waals surface area contributed by atoms with E-state index in [2.05, 4.69) is 59.6 Å². The van der Waals surface area contributed by atoms with Crippen molar-refractivity contribution < 1.29 is 29.4 Å². The van der Waals surface area contributed by atoms with Gasteiger partial charge in [-0.1, -0.05) is 118 Å². The molecule has 12 heteroatoms. The van der Waals surface area contributed by atoms with Crippen molar-refractivity contribution in [2.24, 2.45) is 0 Å². The summed E-state index contributed by atoms with van der Waals surface area (Å²) in [7, 11) is 0. The van der Waals surface area contributed by atoms with E-state index in [0.29, 0.717) is 36.9 Å². The van der Waals surface area contributed by atoms with Crippen molar-refractivity contribution in [3.05, 3.63) is 35.9 Å². The second-order valence-corrected chi connectivity index (χ2v) is 14.2. The first kappa shape index (κ1) is 46.9. The molecule has 0 saturated carbocycles. The van der Waals surface area contributed by atoms with Gasteiger partial charge in [0.1, 0.15) is 6.04 Å². The van der Waals surface area contributed by atoms with E-state index in [1.165, 1.54) is 0 Å². The Balaban J connectivity index is 0.000000964. The van der Waals surface area contributed by atoms with Crippen LogP contribution < -0.4 is 31.9 Å². The summed E-state index contributed by atoms with van der Waals surface area (Å²) in [5, 5.41) is 37.4. The normalized spacial score (nSPS) is 13.8. The number of carboxylic acid groups (broad SMARTS) is 2. The summed E-state index contributed by atoms with van der Waals surface area (Å²) in [5.41, 5.74) is 0.567.